The van der Waals surface area contributed by atoms with Crippen LogP contribution in [0.3, 0.4) is 0 Å². The fourth-order valence-electron chi connectivity index (χ4n) is 1.76. The fourth-order valence-corrected chi connectivity index (χ4v) is 2.31. The first-order valence-corrected chi connectivity index (χ1v) is 6.78. The van der Waals surface area contributed by atoms with Gasteiger partial charge >= 0.3 is 0 Å². The van der Waals surface area contributed by atoms with Crippen molar-refractivity contribution in [2.75, 3.05) is 11.9 Å². The van der Waals surface area contributed by atoms with Gasteiger partial charge < -0.3 is 4.90 Å². The second kappa shape index (κ2) is 5.95. The molecule has 19 heavy (non-hydrogen) atoms. The number of hydrogen-bond acceptors (Lipinski definition) is 3. The summed E-state index contributed by atoms with van der Waals surface area (Å²) in [6.07, 6.45) is 1.49. The lowest BCUT2D eigenvalue weighted by atomic mass is 10.1. The Bertz CT molecular complexity index is 589. The number of hydrogen-bond donors (Lipinski definition) is 0. The molecular formula is C13H12Cl3N3. The number of halogens is 3. The summed E-state index contributed by atoms with van der Waals surface area (Å²) in [5, 5.41) is 1.33. The van der Waals surface area contributed by atoms with Crippen LogP contribution in [0.5, 0.6) is 0 Å². The Kier molecular flexibility index (Phi) is 4.50. The van der Waals surface area contributed by atoms with E-state index in [1.807, 2.05) is 43.1 Å². The molecule has 1 aromatic heterocycles. The second-order valence-corrected chi connectivity index (χ2v) is 5.33. The topological polar surface area (TPSA) is 29.0 Å². The zero-order valence-electron chi connectivity index (χ0n) is 10.4. The standard InChI is InChI=1S/C13H12Cl3N3/c1-8(9-4-3-5-10(14)6-9)19(2)12-11(15)7-17-13(16)18-12/h3-8H,1-2H3. The van der Waals surface area contributed by atoms with Crippen molar-refractivity contribution in [3.8, 4) is 0 Å². The van der Waals surface area contributed by atoms with E-state index in [1.165, 1.54) is 6.20 Å². The maximum absolute atomic E-state index is 6.10. The van der Waals surface area contributed by atoms with Gasteiger partial charge in [0.1, 0.15) is 5.02 Å². The van der Waals surface area contributed by atoms with Gasteiger partial charge in [0.2, 0.25) is 5.28 Å². The van der Waals surface area contributed by atoms with E-state index in [2.05, 4.69) is 9.97 Å². The van der Waals surface area contributed by atoms with Gasteiger partial charge in [0, 0.05) is 12.1 Å². The van der Waals surface area contributed by atoms with Crippen molar-refractivity contribution >= 4 is 40.6 Å². The van der Waals surface area contributed by atoms with E-state index in [9.17, 15) is 0 Å². The van der Waals surface area contributed by atoms with Gasteiger partial charge in [0.15, 0.2) is 5.82 Å². The Morgan fingerprint density at radius 2 is 1.95 bits per heavy atom. The lowest BCUT2D eigenvalue weighted by molar-refractivity contribution is 0.727. The summed E-state index contributed by atoms with van der Waals surface area (Å²) >= 11 is 17.9. The molecule has 0 N–H and O–H groups in total. The molecule has 1 aromatic carbocycles. The molecule has 0 aliphatic heterocycles. The highest BCUT2D eigenvalue weighted by Crippen LogP contribution is 2.30. The molecule has 0 spiro atoms. The van der Waals surface area contributed by atoms with Gasteiger partial charge in [-0.25, -0.2) is 4.98 Å². The first-order chi connectivity index (χ1) is 8.99. The monoisotopic (exact) mass is 315 g/mol. The predicted octanol–water partition coefficient (Wildman–Crippen LogP) is 4.63. The smallest absolute Gasteiger partial charge is 0.224 e. The molecule has 2 aromatic rings. The summed E-state index contributed by atoms with van der Waals surface area (Å²) in [6, 6.07) is 7.73. The molecule has 0 aliphatic carbocycles. The molecule has 2 rings (SSSR count). The van der Waals surface area contributed by atoms with Crippen LogP contribution in [0.25, 0.3) is 0 Å². The van der Waals surface area contributed by atoms with Crippen molar-refractivity contribution in [1.82, 2.24) is 9.97 Å². The number of anilines is 1. The molecule has 0 saturated carbocycles. The first kappa shape index (κ1) is 14.4. The SMILES string of the molecule is CC(c1cccc(Cl)c1)N(C)c1nc(Cl)ncc1Cl. The highest BCUT2D eigenvalue weighted by atomic mass is 35.5. The summed E-state index contributed by atoms with van der Waals surface area (Å²) in [4.78, 5) is 9.93. The van der Waals surface area contributed by atoms with Gasteiger partial charge in [-0.2, -0.15) is 4.98 Å². The first-order valence-electron chi connectivity index (χ1n) is 5.65. The van der Waals surface area contributed by atoms with E-state index >= 15 is 0 Å². The second-order valence-electron chi connectivity index (χ2n) is 4.15. The minimum Gasteiger partial charge on any atom is -0.352 e. The Morgan fingerprint density at radius 1 is 1.21 bits per heavy atom. The van der Waals surface area contributed by atoms with E-state index in [-0.39, 0.29) is 11.3 Å². The Morgan fingerprint density at radius 3 is 2.63 bits per heavy atom. The minimum absolute atomic E-state index is 0.0576. The van der Waals surface area contributed by atoms with Gasteiger partial charge in [-0.1, -0.05) is 35.3 Å². The third-order valence-electron chi connectivity index (χ3n) is 2.94. The molecule has 100 valence electrons. The van der Waals surface area contributed by atoms with E-state index in [1.54, 1.807) is 0 Å². The minimum atomic E-state index is 0.0576. The molecule has 1 unspecified atom stereocenters. The third kappa shape index (κ3) is 3.30. The fraction of sp³-hybridized carbons (Fsp3) is 0.231. The molecule has 0 aliphatic rings. The molecule has 0 bridgehead atoms. The summed E-state index contributed by atoms with van der Waals surface area (Å²) in [5.74, 6) is 0.592. The Hall–Kier alpha value is -1.03. The highest BCUT2D eigenvalue weighted by molar-refractivity contribution is 6.33. The van der Waals surface area contributed by atoms with Crippen molar-refractivity contribution in [2.45, 2.75) is 13.0 Å². The lowest BCUT2D eigenvalue weighted by Crippen LogP contribution is -2.23. The van der Waals surface area contributed by atoms with Gasteiger partial charge in [0.25, 0.3) is 0 Å². The van der Waals surface area contributed by atoms with Crippen molar-refractivity contribution in [2.24, 2.45) is 0 Å². The lowest BCUT2D eigenvalue weighted by Gasteiger charge is -2.27. The maximum Gasteiger partial charge on any atom is 0.224 e. The highest BCUT2D eigenvalue weighted by Gasteiger charge is 2.17. The molecule has 6 heteroatoms. The van der Waals surface area contributed by atoms with Crippen LogP contribution in [0.4, 0.5) is 5.82 Å². The van der Waals surface area contributed by atoms with E-state index < -0.39 is 0 Å². The van der Waals surface area contributed by atoms with Crippen LogP contribution in [-0.4, -0.2) is 17.0 Å². The van der Waals surface area contributed by atoms with Crippen molar-refractivity contribution in [3.63, 3.8) is 0 Å². The third-order valence-corrected chi connectivity index (χ3v) is 3.63. The van der Waals surface area contributed by atoms with Crippen molar-refractivity contribution in [1.29, 1.82) is 0 Å². The summed E-state index contributed by atoms with van der Waals surface area (Å²) in [5.41, 5.74) is 1.07. The normalized spacial score (nSPS) is 12.3. The predicted molar refractivity (Wildman–Crippen MR) is 80.3 cm³/mol. The van der Waals surface area contributed by atoms with E-state index in [0.717, 1.165) is 5.56 Å². The van der Waals surface area contributed by atoms with Crippen LogP contribution in [0.1, 0.15) is 18.5 Å². The summed E-state index contributed by atoms with van der Waals surface area (Å²) in [7, 11) is 1.90. The van der Waals surface area contributed by atoms with E-state index in [4.69, 9.17) is 34.8 Å². The van der Waals surface area contributed by atoms with Crippen LogP contribution in [-0.2, 0) is 0 Å². The number of nitrogens with zero attached hydrogens (tertiary/aromatic N) is 3. The molecule has 0 saturated heterocycles. The van der Waals surface area contributed by atoms with Crippen molar-refractivity contribution in [3.05, 3.63) is 51.4 Å². The molecule has 1 heterocycles. The maximum atomic E-state index is 6.10. The Balaban J connectivity index is 2.33. The van der Waals surface area contributed by atoms with Crippen LogP contribution >= 0.6 is 34.8 Å². The number of rotatable bonds is 3. The van der Waals surface area contributed by atoms with Crippen LogP contribution in [0.15, 0.2) is 30.5 Å². The zero-order valence-corrected chi connectivity index (χ0v) is 12.7. The Labute approximate surface area is 127 Å². The zero-order chi connectivity index (χ0) is 14.0. The average Bonchev–Trinajstić information content (AvgIpc) is 2.40. The van der Waals surface area contributed by atoms with E-state index in [0.29, 0.717) is 15.9 Å². The molecule has 3 nitrogen and oxygen atoms in total. The molecule has 0 amide bonds. The van der Waals surface area contributed by atoms with Crippen LogP contribution in [0.2, 0.25) is 15.3 Å². The van der Waals surface area contributed by atoms with Gasteiger partial charge in [0.05, 0.1) is 12.2 Å². The average molecular weight is 317 g/mol. The number of benzene rings is 1. The van der Waals surface area contributed by atoms with Crippen molar-refractivity contribution < 1.29 is 0 Å². The molecule has 0 fully saturated rings. The molecule has 1 atom stereocenters. The molecular weight excluding hydrogens is 305 g/mol. The van der Waals surface area contributed by atoms with Gasteiger partial charge in [-0.05, 0) is 36.2 Å². The largest absolute Gasteiger partial charge is 0.352 e. The summed E-state index contributed by atoms with van der Waals surface area (Å²) in [6.45, 7) is 2.04. The molecule has 0 radical (unpaired) electrons. The van der Waals surface area contributed by atoms with Gasteiger partial charge in [-0.3, -0.25) is 0 Å². The summed E-state index contributed by atoms with van der Waals surface area (Å²) < 4.78 is 0. The van der Waals surface area contributed by atoms with Crippen LogP contribution in [0, 0.1) is 0 Å². The van der Waals surface area contributed by atoms with Gasteiger partial charge in [-0.15, -0.1) is 0 Å². The number of aromatic nitrogens is 2. The quantitative estimate of drug-likeness (QED) is 0.773. The van der Waals surface area contributed by atoms with Crippen LogP contribution < -0.4 is 4.90 Å².